The molecule has 7 heteroatoms. The van der Waals surface area contributed by atoms with Crippen molar-refractivity contribution in [1.82, 2.24) is 10.2 Å². The fraction of sp³-hybridized carbons (Fsp3) is 0.368. The van der Waals surface area contributed by atoms with E-state index in [1.54, 1.807) is 28.0 Å². The average molecular weight is 374 g/mol. The van der Waals surface area contributed by atoms with Gasteiger partial charge in [-0.3, -0.25) is 9.69 Å². The Balaban J connectivity index is 1.40. The van der Waals surface area contributed by atoms with Gasteiger partial charge in [0, 0.05) is 36.4 Å². The summed E-state index contributed by atoms with van der Waals surface area (Å²) >= 11 is 6.03. The van der Waals surface area contributed by atoms with Crippen molar-refractivity contribution in [2.45, 2.75) is 25.3 Å². The Labute approximate surface area is 156 Å². The minimum atomic E-state index is -0.130. The molecule has 0 radical (unpaired) electrons. The molecular weight excluding hydrogens is 354 g/mol. The largest absolute Gasteiger partial charge is 0.459 e. The molecule has 3 heterocycles. The molecule has 6 nitrogen and oxygen atoms in total. The van der Waals surface area contributed by atoms with Crippen molar-refractivity contribution < 1.29 is 14.0 Å². The van der Waals surface area contributed by atoms with E-state index in [4.69, 9.17) is 16.0 Å². The molecule has 0 bridgehead atoms. The summed E-state index contributed by atoms with van der Waals surface area (Å²) in [4.78, 5) is 28.7. The lowest BCUT2D eigenvalue weighted by Crippen LogP contribution is -2.52. The van der Waals surface area contributed by atoms with E-state index >= 15 is 0 Å². The van der Waals surface area contributed by atoms with Gasteiger partial charge in [-0.25, -0.2) is 4.79 Å². The molecule has 0 spiro atoms. The van der Waals surface area contributed by atoms with Crippen molar-refractivity contribution in [2.24, 2.45) is 0 Å². The van der Waals surface area contributed by atoms with Gasteiger partial charge in [0.05, 0.1) is 6.26 Å². The van der Waals surface area contributed by atoms with Crippen molar-refractivity contribution in [3.63, 3.8) is 0 Å². The number of piperidine rings is 1. The fourth-order valence-corrected chi connectivity index (χ4v) is 3.86. The van der Waals surface area contributed by atoms with Crippen LogP contribution < -0.4 is 10.2 Å². The van der Waals surface area contributed by atoms with Crippen molar-refractivity contribution in [2.75, 3.05) is 24.5 Å². The Hall–Kier alpha value is -2.47. The minimum absolute atomic E-state index is 0.0634. The lowest BCUT2D eigenvalue weighted by Gasteiger charge is -2.33. The van der Waals surface area contributed by atoms with E-state index in [2.05, 4.69) is 5.32 Å². The molecule has 136 valence electrons. The Kier molecular flexibility index (Phi) is 4.59. The SMILES string of the molecule is O=C(c1ccco1)N1CCCC(NC(=O)N2CCc3cc(Cl)ccc32)C1. The maximum Gasteiger partial charge on any atom is 0.322 e. The van der Waals surface area contributed by atoms with E-state index in [9.17, 15) is 9.59 Å². The summed E-state index contributed by atoms with van der Waals surface area (Å²) in [5.74, 6) is 0.206. The molecule has 1 fully saturated rings. The molecule has 1 aromatic carbocycles. The molecule has 1 saturated heterocycles. The summed E-state index contributed by atoms with van der Waals surface area (Å²) in [5.41, 5.74) is 2.00. The van der Waals surface area contributed by atoms with E-state index < -0.39 is 0 Å². The second-order valence-corrected chi connectivity index (χ2v) is 7.13. The molecule has 1 N–H and O–H groups in total. The Morgan fingerprint density at radius 2 is 2.12 bits per heavy atom. The molecule has 3 amide bonds. The Morgan fingerprint density at radius 3 is 2.92 bits per heavy atom. The molecule has 2 aromatic rings. The summed E-state index contributed by atoms with van der Waals surface area (Å²) in [5, 5.41) is 3.76. The maximum atomic E-state index is 12.7. The quantitative estimate of drug-likeness (QED) is 0.878. The molecule has 1 atom stereocenters. The van der Waals surface area contributed by atoms with Gasteiger partial charge in [0.15, 0.2) is 5.76 Å². The predicted octanol–water partition coefficient (Wildman–Crippen LogP) is 3.31. The number of anilines is 1. The van der Waals surface area contributed by atoms with Crippen LogP contribution in [0.25, 0.3) is 0 Å². The fourth-order valence-electron chi connectivity index (χ4n) is 3.67. The van der Waals surface area contributed by atoms with Crippen LogP contribution >= 0.6 is 11.6 Å². The number of carbonyl (C=O) groups excluding carboxylic acids is 2. The highest BCUT2D eigenvalue weighted by Gasteiger charge is 2.30. The van der Waals surface area contributed by atoms with Crippen LogP contribution in [0.5, 0.6) is 0 Å². The lowest BCUT2D eigenvalue weighted by atomic mass is 10.1. The number of amides is 3. The van der Waals surface area contributed by atoms with Crippen LogP contribution in [0.1, 0.15) is 29.0 Å². The molecular formula is C19H20ClN3O3. The standard InChI is InChI=1S/C19H20ClN3O3/c20-14-5-6-16-13(11-14)7-9-23(16)19(25)21-15-3-1-8-22(12-15)18(24)17-4-2-10-26-17/h2,4-6,10-11,15H,1,3,7-9,12H2,(H,21,25). The van der Waals surface area contributed by atoms with Gasteiger partial charge in [-0.1, -0.05) is 11.6 Å². The molecule has 0 saturated carbocycles. The van der Waals surface area contributed by atoms with Crippen LogP contribution in [0.3, 0.4) is 0 Å². The number of furan rings is 1. The highest BCUT2D eigenvalue weighted by Crippen LogP contribution is 2.30. The lowest BCUT2D eigenvalue weighted by molar-refractivity contribution is 0.0666. The third kappa shape index (κ3) is 3.29. The predicted molar refractivity (Wildman–Crippen MR) is 98.7 cm³/mol. The normalized spacial score (nSPS) is 19.3. The first kappa shape index (κ1) is 17.0. The molecule has 1 unspecified atom stereocenters. The van der Waals surface area contributed by atoms with E-state index in [0.29, 0.717) is 30.4 Å². The van der Waals surface area contributed by atoms with Crippen LogP contribution in [0.4, 0.5) is 10.5 Å². The smallest absolute Gasteiger partial charge is 0.322 e. The van der Waals surface area contributed by atoms with Crippen molar-refractivity contribution in [3.8, 4) is 0 Å². The van der Waals surface area contributed by atoms with E-state index in [0.717, 1.165) is 30.5 Å². The molecule has 0 aliphatic carbocycles. The highest BCUT2D eigenvalue weighted by atomic mass is 35.5. The number of nitrogens with one attached hydrogen (secondary N) is 1. The van der Waals surface area contributed by atoms with Gasteiger partial charge < -0.3 is 14.6 Å². The van der Waals surface area contributed by atoms with Gasteiger partial charge in [-0.15, -0.1) is 0 Å². The van der Waals surface area contributed by atoms with E-state index in [-0.39, 0.29) is 18.0 Å². The van der Waals surface area contributed by atoms with Gasteiger partial charge in [0.1, 0.15) is 0 Å². The van der Waals surface area contributed by atoms with Gasteiger partial charge in [-0.2, -0.15) is 0 Å². The van der Waals surface area contributed by atoms with Crippen molar-refractivity contribution in [3.05, 3.63) is 52.9 Å². The molecule has 2 aliphatic heterocycles. The zero-order valence-electron chi connectivity index (χ0n) is 14.3. The molecule has 1 aromatic heterocycles. The number of benzene rings is 1. The average Bonchev–Trinajstić information content (AvgIpc) is 3.30. The summed E-state index contributed by atoms with van der Waals surface area (Å²) < 4.78 is 5.20. The number of carbonyl (C=O) groups is 2. The topological polar surface area (TPSA) is 65.8 Å². The molecule has 4 rings (SSSR count). The third-order valence-corrected chi connectivity index (χ3v) is 5.19. The summed E-state index contributed by atoms with van der Waals surface area (Å²) in [6.07, 6.45) is 4.00. The van der Waals surface area contributed by atoms with Gasteiger partial charge in [0.25, 0.3) is 5.91 Å². The number of nitrogens with zero attached hydrogens (tertiary/aromatic N) is 2. The van der Waals surface area contributed by atoms with Crippen LogP contribution in [0, 0.1) is 0 Å². The zero-order valence-corrected chi connectivity index (χ0v) is 15.0. The van der Waals surface area contributed by atoms with E-state index in [1.807, 2.05) is 12.1 Å². The number of hydrogen-bond acceptors (Lipinski definition) is 3. The van der Waals surface area contributed by atoms with Crippen molar-refractivity contribution in [1.29, 1.82) is 0 Å². The number of rotatable bonds is 2. The van der Waals surface area contributed by atoms with Crippen molar-refractivity contribution >= 4 is 29.2 Å². The summed E-state index contributed by atoms with van der Waals surface area (Å²) in [7, 11) is 0. The number of urea groups is 1. The number of fused-ring (bicyclic) bond motifs is 1. The number of likely N-dealkylation sites (tertiary alicyclic amines) is 1. The van der Waals surface area contributed by atoms with Crippen LogP contribution in [-0.2, 0) is 6.42 Å². The summed E-state index contributed by atoms with van der Waals surface area (Å²) in [6.45, 7) is 1.81. The highest BCUT2D eigenvalue weighted by molar-refractivity contribution is 6.30. The van der Waals surface area contributed by atoms with Crippen LogP contribution in [0.2, 0.25) is 5.02 Å². The van der Waals surface area contributed by atoms with Gasteiger partial charge in [-0.05, 0) is 55.2 Å². The van der Waals surface area contributed by atoms with Crippen LogP contribution in [0.15, 0.2) is 41.0 Å². The van der Waals surface area contributed by atoms with Gasteiger partial charge in [0.2, 0.25) is 0 Å². The molecule has 26 heavy (non-hydrogen) atoms. The Bertz CT molecular complexity index is 821. The second-order valence-electron chi connectivity index (χ2n) is 6.69. The minimum Gasteiger partial charge on any atom is -0.459 e. The third-order valence-electron chi connectivity index (χ3n) is 4.95. The monoisotopic (exact) mass is 373 g/mol. The first-order valence-electron chi connectivity index (χ1n) is 8.81. The first-order chi connectivity index (χ1) is 12.6. The molecule has 2 aliphatic rings. The summed E-state index contributed by atoms with van der Waals surface area (Å²) in [6, 6.07) is 8.78. The maximum absolute atomic E-state index is 12.7. The van der Waals surface area contributed by atoms with Gasteiger partial charge >= 0.3 is 6.03 Å². The zero-order chi connectivity index (χ0) is 18.1. The van der Waals surface area contributed by atoms with E-state index in [1.165, 1.54) is 6.26 Å². The Morgan fingerprint density at radius 1 is 1.23 bits per heavy atom. The number of halogens is 1. The van der Waals surface area contributed by atoms with Crippen LogP contribution in [-0.4, -0.2) is 42.5 Å². The number of hydrogen-bond donors (Lipinski definition) is 1. The first-order valence-corrected chi connectivity index (χ1v) is 9.19. The second kappa shape index (κ2) is 7.03.